The van der Waals surface area contributed by atoms with E-state index in [2.05, 4.69) is 19.8 Å². The molecule has 1 aliphatic rings. The van der Waals surface area contributed by atoms with Gasteiger partial charge < -0.3 is 5.11 Å². The molecule has 0 spiro atoms. The number of nitrogens with one attached hydrogen (secondary N) is 1. The van der Waals surface area contributed by atoms with Crippen LogP contribution in [0.3, 0.4) is 0 Å². The molecule has 132 valence electrons. The molecule has 0 unspecified atom stereocenters. The van der Waals surface area contributed by atoms with E-state index in [-0.39, 0.29) is 35.2 Å². The number of hydrogen-bond donors (Lipinski definition) is 1. The van der Waals surface area contributed by atoms with Crippen molar-refractivity contribution in [3.8, 4) is 0 Å². The smallest absolute Gasteiger partial charge is 0.264 e. The van der Waals surface area contributed by atoms with Crippen molar-refractivity contribution in [2.45, 2.75) is 17.4 Å². The van der Waals surface area contributed by atoms with Crippen LogP contribution in [0.25, 0.3) is 0 Å². The molecule has 2 aromatic carbocycles. The van der Waals surface area contributed by atoms with E-state index in [9.17, 15) is 13.5 Å². The Bertz CT molecular complexity index is 1060. The summed E-state index contributed by atoms with van der Waals surface area (Å²) in [7, 11) is -3.82. The minimum absolute atomic E-state index is 0.0841. The lowest BCUT2D eigenvalue weighted by Crippen LogP contribution is -2.28. The highest BCUT2D eigenvalue weighted by molar-refractivity contribution is 7.92. The van der Waals surface area contributed by atoms with E-state index in [4.69, 9.17) is 0 Å². The molecule has 1 aromatic heterocycles. The first-order valence-corrected chi connectivity index (χ1v) is 9.35. The highest BCUT2D eigenvalue weighted by Crippen LogP contribution is 2.31. The fourth-order valence-corrected chi connectivity index (χ4v) is 3.73. The lowest BCUT2D eigenvalue weighted by molar-refractivity contribution is -0.219. The number of rotatable bonds is 4. The van der Waals surface area contributed by atoms with Crippen LogP contribution in [0.2, 0.25) is 0 Å². The molecule has 1 N–H and O–H groups in total. The maximum atomic E-state index is 12.4. The SMILES string of the molecule is O=S(=O)(Nc1nc2n(n1)[C@@H](c1ccccc1)CC([O-])=N2)c1ccccc1. The lowest BCUT2D eigenvalue weighted by Gasteiger charge is -2.25. The molecule has 1 aliphatic heterocycles. The average Bonchev–Trinajstić information content (AvgIpc) is 3.03. The van der Waals surface area contributed by atoms with Gasteiger partial charge in [0.1, 0.15) is 0 Å². The van der Waals surface area contributed by atoms with Gasteiger partial charge in [-0.05, 0) is 23.6 Å². The summed E-state index contributed by atoms with van der Waals surface area (Å²) < 4.78 is 28.7. The second kappa shape index (κ2) is 6.26. The van der Waals surface area contributed by atoms with Crippen molar-refractivity contribution in [3.63, 3.8) is 0 Å². The van der Waals surface area contributed by atoms with Crippen molar-refractivity contribution in [1.82, 2.24) is 14.8 Å². The number of sulfonamides is 1. The first kappa shape index (κ1) is 16.3. The Labute approximate surface area is 149 Å². The number of aliphatic imine (C=N–C) groups is 1. The predicted molar refractivity (Wildman–Crippen MR) is 93.6 cm³/mol. The van der Waals surface area contributed by atoms with Crippen molar-refractivity contribution < 1.29 is 13.5 Å². The summed E-state index contributed by atoms with van der Waals surface area (Å²) in [5.74, 6) is -0.361. The van der Waals surface area contributed by atoms with Gasteiger partial charge in [-0.2, -0.15) is 4.98 Å². The zero-order valence-electron chi connectivity index (χ0n) is 13.5. The van der Waals surface area contributed by atoms with Gasteiger partial charge in [-0.3, -0.25) is 0 Å². The Morgan fingerprint density at radius 2 is 1.69 bits per heavy atom. The quantitative estimate of drug-likeness (QED) is 0.749. The molecule has 26 heavy (non-hydrogen) atoms. The average molecular weight is 368 g/mol. The molecule has 4 rings (SSSR count). The summed E-state index contributed by atoms with van der Waals surface area (Å²) in [6.07, 6.45) is 0.144. The van der Waals surface area contributed by atoms with E-state index in [0.29, 0.717) is 0 Å². The second-order valence-corrected chi connectivity index (χ2v) is 7.42. The molecule has 0 saturated carbocycles. The fraction of sp³-hybridized carbons (Fsp3) is 0.118. The van der Waals surface area contributed by atoms with E-state index in [0.717, 1.165) is 5.56 Å². The van der Waals surface area contributed by atoms with Crippen molar-refractivity contribution in [2.75, 3.05) is 4.72 Å². The summed E-state index contributed by atoms with van der Waals surface area (Å²) in [5.41, 5.74) is 0.874. The van der Waals surface area contributed by atoms with Crippen LogP contribution < -0.4 is 9.83 Å². The Kier molecular flexibility index (Phi) is 3.92. The van der Waals surface area contributed by atoms with Gasteiger partial charge in [0.15, 0.2) is 0 Å². The van der Waals surface area contributed by atoms with Gasteiger partial charge >= 0.3 is 0 Å². The van der Waals surface area contributed by atoms with Crippen LogP contribution in [0.15, 0.2) is 70.6 Å². The Morgan fingerprint density at radius 1 is 1.04 bits per heavy atom. The minimum Gasteiger partial charge on any atom is -0.862 e. The Morgan fingerprint density at radius 3 is 2.38 bits per heavy atom. The van der Waals surface area contributed by atoms with Crippen molar-refractivity contribution in [1.29, 1.82) is 0 Å². The zero-order chi connectivity index (χ0) is 18.1. The first-order chi connectivity index (χ1) is 12.5. The number of benzene rings is 2. The third-order valence-corrected chi connectivity index (χ3v) is 5.31. The van der Waals surface area contributed by atoms with Crippen LogP contribution >= 0.6 is 0 Å². The van der Waals surface area contributed by atoms with Crippen LogP contribution in [0.4, 0.5) is 11.9 Å². The third-order valence-electron chi connectivity index (χ3n) is 3.96. The molecule has 0 aliphatic carbocycles. The predicted octanol–water partition coefficient (Wildman–Crippen LogP) is 1.46. The molecule has 3 aromatic rings. The van der Waals surface area contributed by atoms with E-state index in [1.807, 2.05) is 30.3 Å². The van der Waals surface area contributed by atoms with Gasteiger partial charge in [0.05, 0.1) is 10.9 Å². The maximum absolute atomic E-state index is 12.4. The molecule has 9 heteroatoms. The van der Waals surface area contributed by atoms with Crippen molar-refractivity contribution >= 4 is 27.8 Å². The van der Waals surface area contributed by atoms with Crippen LogP contribution in [0, 0.1) is 0 Å². The van der Waals surface area contributed by atoms with E-state index >= 15 is 0 Å². The number of fused-ring (bicyclic) bond motifs is 1. The van der Waals surface area contributed by atoms with E-state index < -0.39 is 10.0 Å². The minimum atomic E-state index is -3.82. The van der Waals surface area contributed by atoms with Gasteiger partial charge in [0.25, 0.3) is 16.0 Å². The maximum Gasteiger partial charge on any atom is 0.264 e. The largest absolute Gasteiger partial charge is 0.862 e. The van der Waals surface area contributed by atoms with Crippen LogP contribution in [-0.2, 0) is 10.0 Å². The summed E-state index contributed by atoms with van der Waals surface area (Å²) >= 11 is 0. The van der Waals surface area contributed by atoms with Gasteiger partial charge in [-0.25, -0.2) is 22.8 Å². The van der Waals surface area contributed by atoms with Gasteiger partial charge in [0, 0.05) is 6.42 Å². The summed E-state index contributed by atoms with van der Waals surface area (Å²) in [6, 6.07) is 16.9. The van der Waals surface area contributed by atoms with Gasteiger partial charge in [-0.1, -0.05) is 48.5 Å². The summed E-state index contributed by atoms with van der Waals surface area (Å²) in [6.45, 7) is 0. The van der Waals surface area contributed by atoms with Crippen molar-refractivity contribution in [3.05, 3.63) is 66.2 Å². The molecular weight excluding hydrogens is 354 g/mol. The monoisotopic (exact) mass is 368 g/mol. The number of aromatic nitrogens is 3. The Hall–Kier alpha value is -3.20. The molecule has 0 saturated heterocycles. The highest BCUT2D eigenvalue weighted by Gasteiger charge is 2.25. The van der Waals surface area contributed by atoms with Crippen molar-refractivity contribution in [2.24, 2.45) is 4.99 Å². The molecule has 0 fully saturated rings. The normalized spacial score (nSPS) is 16.6. The van der Waals surface area contributed by atoms with Crippen LogP contribution in [0.1, 0.15) is 18.0 Å². The van der Waals surface area contributed by atoms with E-state index in [1.165, 1.54) is 16.8 Å². The highest BCUT2D eigenvalue weighted by atomic mass is 32.2. The van der Waals surface area contributed by atoms with E-state index in [1.54, 1.807) is 18.2 Å². The molecular formula is C17H14N5O3S-. The lowest BCUT2D eigenvalue weighted by atomic mass is 10.0. The molecule has 1 atom stereocenters. The fourth-order valence-electron chi connectivity index (χ4n) is 2.77. The third kappa shape index (κ3) is 3.04. The standard InChI is InChI=1S/C17H15N5O3S/c23-15-11-14(12-7-3-1-4-8-12)22-17(18-15)19-16(20-22)21-26(24,25)13-9-5-2-6-10-13/h1-10,14H,11H2,(H2,18,19,20,21,23)/p-1/t14-/m1/s1. The molecule has 0 radical (unpaired) electrons. The van der Waals surface area contributed by atoms with Gasteiger partial charge in [-0.15, -0.1) is 5.10 Å². The van der Waals surface area contributed by atoms with Crippen LogP contribution in [-0.4, -0.2) is 29.1 Å². The van der Waals surface area contributed by atoms with Gasteiger partial charge in [0.2, 0.25) is 5.95 Å². The molecule has 8 nitrogen and oxygen atoms in total. The number of hydrogen-bond acceptors (Lipinski definition) is 6. The van der Waals surface area contributed by atoms with Crippen LogP contribution in [0.5, 0.6) is 0 Å². The summed E-state index contributed by atoms with van der Waals surface area (Å²) in [4.78, 5) is 8.02. The first-order valence-electron chi connectivity index (χ1n) is 7.87. The summed E-state index contributed by atoms with van der Waals surface area (Å²) in [5, 5.41) is 16.2. The number of anilines is 1. The zero-order valence-corrected chi connectivity index (χ0v) is 14.3. The second-order valence-electron chi connectivity index (χ2n) is 5.73. The molecule has 0 amide bonds. The molecule has 0 bridgehead atoms. The molecule has 2 heterocycles. The topological polar surface area (TPSA) is 112 Å². The Balaban J connectivity index is 1.70. The number of nitrogens with zero attached hydrogens (tertiary/aromatic N) is 4.